The molecule has 0 fully saturated rings. The smallest absolute Gasteiger partial charge is 0.169 e. The molecule has 136 valence electrons. The second kappa shape index (κ2) is 7.72. The molecule has 0 aliphatic carbocycles. The molecule has 1 heterocycles. The number of anilines is 1. The van der Waals surface area contributed by atoms with Crippen molar-refractivity contribution >= 4 is 39.7 Å². The molecule has 0 saturated heterocycles. The molecule has 26 heavy (non-hydrogen) atoms. The first kappa shape index (κ1) is 19.7. The van der Waals surface area contributed by atoms with Crippen molar-refractivity contribution in [2.75, 3.05) is 5.32 Å². The summed E-state index contributed by atoms with van der Waals surface area (Å²) in [7, 11) is 0. The highest BCUT2D eigenvalue weighted by Gasteiger charge is 2.35. The van der Waals surface area contributed by atoms with Crippen molar-refractivity contribution in [1.29, 1.82) is 0 Å². The number of rotatable bonds is 4. The predicted molar refractivity (Wildman–Crippen MR) is 107 cm³/mol. The number of nitrogens with zero attached hydrogens (tertiary/aromatic N) is 3. The van der Waals surface area contributed by atoms with Gasteiger partial charge in [-0.15, -0.1) is 5.10 Å². The van der Waals surface area contributed by atoms with Gasteiger partial charge in [-0.25, -0.2) is 4.68 Å². The standard InChI is InChI=1S/C19H20N4OS.H2O/c1-19(2,3)17(24)16(18(25)20-13-9-5-4-6-10-13)23-15-12-8-7-11-14(15)21-22-23;/h4-12,16H,1-3H3,(H,20,25);1H2/t16-;/m1./s1. The van der Waals surface area contributed by atoms with Gasteiger partial charge in [0.2, 0.25) is 0 Å². The molecule has 3 aromatic rings. The zero-order valence-electron chi connectivity index (χ0n) is 14.9. The summed E-state index contributed by atoms with van der Waals surface area (Å²) in [5, 5.41) is 11.5. The first-order valence-electron chi connectivity index (χ1n) is 8.08. The van der Waals surface area contributed by atoms with Crippen LogP contribution in [0.5, 0.6) is 0 Å². The quantitative estimate of drug-likeness (QED) is 0.712. The van der Waals surface area contributed by atoms with E-state index in [2.05, 4.69) is 15.6 Å². The lowest BCUT2D eigenvalue weighted by Crippen LogP contribution is -2.38. The molecule has 0 saturated carbocycles. The summed E-state index contributed by atoms with van der Waals surface area (Å²) in [6, 6.07) is 16.4. The molecule has 3 rings (SSSR count). The fourth-order valence-electron chi connectivity index (χ4n) is 2.56. The van der Waals surface area contributed by atoms with Crippen LogP contribution in [0.15, 0.2) is 54.6 Å². The van der Waals surface area contributed by atoms with Gasteiger partial charge < -0.3 is 10.8 Å². The molecular weight excluding hydrogens is 348 g/mol. The van der Waals surface area contributed by atoms with Crippen LogP contribution < -0.4 is 5.32 Å². The Morgan fingerprint density at radius 1 is 1.08 bits per heavy atom. The second-order valence-corrected chi connectivity index (χ2v) is 7.33. The van der Waals surface area contributed by atoms with E-state index in [1.807, 2.05) is 75.4 Å². The van der Waals surface area contributed by atoms with Crippen molar-refractivity contribution in [2.24, 2.45) is 5.41 Å². The monoisotopic (exact) mass is 370 g/mol. The van der Waals surface area contributed by atoms with Gasteiger partial charge in [0.15, 0.2) is 11.8 Å². The SMILES string of the molecule is CC(C)(C)C(=O)[C@H](C(=S)Nc1ccccc1)n1nnc2ccccc21.O. The maximum Gasteiger partial charge on any atom is 0.169 e. The zero-order chi connectivity index (χ0) is 18.0. The van der Waals surface area contributed by atoms with Crippen LogP contribution in [-0.4, -0.2) is 31.2 Å². The number of Topliss-reactive ketones (excluding diaryl/α,β-unsaturated/α-hetero) is 1. The summed E-state index contributed by atoms with van der Waals surface area (Å²) >= 11 is 5.59. The average molecular weight is 370 g/mol. The summed E-state index contributed by atoms with van der Waals surface area (Å²) in [6.45, 7) is 5.64. The first-order chi connectivity index (χ1) is 11.9. The lowest BCUT2D eigenvalue weighted by atomic mass is 9.86. The van der Waals surface area contributed by atoms with Gasteiger partial charge in [0.25, 0.3) is 0 Å². The third kappa shape index (κ3) is 3.95. The summed E-state index contributed by atoms with van der Waals surface area (Å²) in [6.07, 6.45) is 0. The second-order valence-electron chi connectivity index (χ2n) is 6.89. The number of carbonyl (C=O) groups excluding carboxylic acids is 1. The number of para-hydroxylation sites is 2. The normalized spacial score (nSPS) is 12.3. The van der Waals surface area contributed by atoms with E-state index in [4.69, 9.17) is 12.2 Å². The summed E-state index contributed by atoms with van der Waals surface area (Å²) in [4.78, 5) is 13.5. The molecule has 1 atom stereocenters. The number of fused-ring (bicyclic) bond motifs is 1. The third-order valence-electron chi connectivity index (χ3n) is 3.90. The number of benzene rings is 2. The van der Waals surface area contributed by atoms with Crippen molar-refractivity contribution in [3.63, 3.8) is 0 Å². The van der Waals surface area contributed by atoms with E-state index in [9.17, 15) is 4.79 Å². The van der Waals surface area contributed by atoms with Crippen LogP contribution in [0, 0.1) is 5.41 Å². The number of hydrogen-bond donors (Lipinski definition) is 1. The number of thiocarbonyl (C=S) groups is 1. The van der Waals surface area contributed by atoms with Gasteiger partial charge in [-0.2, -0.15) is 0 Å². The first-order valence-corrected chi connectivity index (χ1v) is 8.49. The molecule has 2 aromatic carbocycles. The van der Waals surface area contributed by atoms with Crippen LogP contribution in [0.25, 0.3) is 11.0 Å². The number of ketones is 1. The largest absolute Gasteiger partial charge is 0.412 e. The molecule has 1 aromatic heterocycles. The fourth-order valence-corrected chi connectivity index (χ4v) is 2.89. The Labute approximate surface area is 157 Å². The Bertz CT molecular complexity index is 916. The number of nitrogens with one attached hydrogen (secondary N) is 1. The molecule has 0 bridgehead atoms. The molecule has 3 N–H and O–H groups in total. The maximum absolute atomic E-state index is 13.1. The lowest BCUT2D eigenvalue weighted by Gasteiger charge is -2.26. The molecule has 0 spiro atoms. The van der Waals surface area contributed by atoms with Crippen molar-refractivity contribution in [2.45, 2.75) is 26.8 Å². The molecule has 0 radical (unpaired) electrons. The Morgan fingerprint density at radius 3 is 2.35 bits per heavy atom. The van der Waals surface area contributed by atoms with Crippen LogP contribution in [-0.2, 0) is 4.79 Å². The van der Waals surface area contributed by atoms with E-state index in [1.54, 1.807) is 4.68 Å². The van der Waals surface area contributed by atoms with Crippen molar-refractivity contribution in [3.8, 4) is 0 Å². The topological polar surface area (TPSA) is 91.3 Å². The minimum atomic E-state index is -0.720. The summed E-state index contributed by atoms with van der Waals surface area (Å²) in [5.41, 5.74) is 1.78. The molecular formula is C19H22N4O2S. The average Bonchev–Trinajstić information content (AvgIpc) is 2.99. The van der Waals surface area contributed by atoms with Crippen molar-refractivity contribution in [1.82, 2.24) is 15.0 Å². The van der Waals surface area contributed by atoms with Gasteiger partial charge in [0, 0.05) is 11.1 Å². The van der Waals surface area contributed by atoms with Gasteiger partial charge in [-0.1, -0.05) is 68.5 Å². The number of hydrogen-bond acceptors (Lipinski definition) is 4. The highest BCUT2D eigenvalue weighted by molar-refractivity contribution is 7.80. The number of carbonyl (C=O) groups is 1. The maximum atomic E-state index is 13.1. The Morgan fingerprint density at radius 2 is 1.69 bits per heavy atom. The van der Waals surface area contributed by atoms with Gasteiger partial charge in [0.1, 0.15) is 10.5 Å². The third-order valence-corrected chi connectivity index (χ3v) is 4.22. The summed E-state index contributed by atoms with van der Waals surface area (Å²) in [5.74, 6) is -0.0171. The molecule has 0 aliphatic heterocycles. The van der Waals surface area contributed by atoms with E-state index in [-0.39, 0.29) is 11.3 Å². The van der Waals surface area contributed by atoms with Gasteiger partial charge in [0.05, 0.1) is 5.52 Å². The van der Waals surface area contributed by atoms with Crippen LogP contribution >= 0.6 is 12.2 Å². The van der Waals surface area contributed by atoms with E-state index in [1.165, 1.54) is 0 Å². The Balaban J connectivity index is 0.00000243. The zero-order valence-corrected chi connectivity index (χ0v) is 15.7. The molecule has 0 amide bonds. The van der Waals surface area contributed by atoms with Crippen LogP contribution in [0.2, 0.25) is 0 Å². The highest BCUT2D eigenvalue weighted by atomic mass is 32.1. The molecule has 7 heteroatoms. The van der Waals surface area contributed by atoms with E-state index >= 15 is 0 Å². The van der Waals surface area contributed by atoms with Gasteiger partial charge in [-0.3, -0.25) is 4.79 Å². The van der Waals surface area contributed by atoms with Crippen molar-refractivity contribution < 1.29 is 10.3 Å². The highest BCUT2D eigenvalue weighted by Crippen LogP contribution is 2.27. The van der Waals surface area contributed by atoms with E-state index in [0.29, 0.717) is 4.99 Å². The summed E-state index contributed by atoms with van der Waals surface area (Å²) < 4.78 is 1.61. The lowest BCUT2D eigenvalue weighted by molar-refractivity contribution is -0.127. The van der Waals surface area contributed by atoms with Crippen LogP contribution in [0.1, 0.15) is 26.8 Å². The molecule has 0 unspecified atom stereocenters. The predicted octanol–water partition coefficient (Wildman–Crippen LogP) is 3.20. The molecule has 6 nitrogen and oxygen atoms in total. The minimum absolute atomic E-state index is 0. The fraction of sp³-hybridized carbons (Fsp3) is 0.263. The molecule has 0 aliphatic rings. The minimum Gasteiger partial charge on any atom is -0.412 e. The number of aromatic nitrogens is 3. The van der Waals surface area contributed by atoms with Crippen LogP contribution in [0.4, 0.5) is 5.69 Å². The van der Waals surface area contributed by atoms with Crippen LogP contribution in [0.3, 0.4) is 0 Å². The van der Waals surface area contributed by atoms with E-state index in [0.717, 1.165) is 16.7 Å². The Hall–Kier alpha value is -2.64. The Kier molecular flexibility index (Phi) is 5.84. The van der Waals surface area contributed by atoms with E-state index < -0.39 is 11.5 Å². The van der Waals surface area contributed by atoms with Crippen molar-refractivity contribution in [3.05, 3.63) is 54.6 Å². The van der Waals surface area contributed by atoms with Gasteiger partial charge in [-0.05, 0) is 24.3 Å². The van der Waals surface area contributed by atoms with Gasteiger partial charge >= 0.3 is 0 Å².